The number of carbonyl (C=O) groups is 1. The van der Waals surface area contributed by atoms with Crippen LogP contribution in [0, 0.1) is 0 Å². The second kappa shape index (κ2) is 6.43. The van der Waals surface area contributed by atoms with Gasteiger partial charge < -0.3 is 19.5 Å². The van der Waals surface area contributed by atoms with E-state index in [-0.39, 0.29) is 12.5 Å². The van der Waals surface area contributed by atoms with Crippen LogP contribution in [0.15, 0.2) is 24.3 Å². The summed E-state index contributed by atoms with van der Waals surface area (Å²) in [6.45, 7) is 4.56. The number of ether oxygens (including phenoxy) is 2. The smallest absolute Gasteiger partial charge is 0.306 e. The first-order chi connectivity index (χ1) is 9.19. The van der Waals surface area contributed by atoms with Gasteiger partial charge in [-0.05, 0) is 31.2 Å². The summed E-state index contributed by atoms with van der Waals surface area (Å²) in [4.78, 5) is 12.9. The van der Waals surface area contributed by atoms with E-state index in [0.29, 0.717) is 19.8 Å². The number of morpholine rings is 1. The van der Waals surface area contributed by atoms with E-state index in [0.717, 1.165) is 18.0 Å². The fourth-order valence-electron chi connectivity index (χ4n) is 2.19. The minimum absolute atomic E-state index is 0.0491. The van der Waals surface area contributed by atoms with Gasteiger partial charge in [0.05, 0.1) is 25.7 Å². The maximum atomic E-state index is 10.7. The first kappa shape index (κ1) is 13.7. The number of carboxylic acid groups (broad SMARTS) is 1. The monoisotopic (exact) mass is 265 g/mol. The zero-order valence-corrected chi connectivity index (χ0v) is 11.0. The van der Waals surface area contributed by atoms with Crippen LogP contribution in [0.4, 0.5) is 5.69 Å². The molecule has 0 saturated carbocycles. The van der Waals surface area contributed by atoms with Crippen molar-refractivity contribution in [3.63, 3.8) is 0 Å². The van der Waals surface area contributed by atoms with Gasteiger partial charge in [-0.1, -0.05) is 0 Å². The van der Waals surface area contributed by atoms with Crippen LogP contribution < -0.4 is 9.64 Å². The van der Waals surface area contributed by atoms with Crippen molar-refractivity contribution in [2.24, 2.45) is 0 Å². The lowest BCUT2D eigenvalue weighted by Gasteiger charge is -2.34. The number of rotatable bonds is 5. The fraction of sp³-hybridized carbons (Fsp3) is 0.500. The van der Waals surface area contributed by atoms with Gasteiger partial charge in [0.2, 0.25) is 0 Å². The second-order valence-electron chi connectivity index (χ2n) is 4.46. The van der Waals surface area contributed by atoms with E-state index >= 15 is 0 Å². The highest BCUT2D eigenvalue weighted by atomic mass is 16.5. The van der Waals surface area contributed by atoms with Crippen molar-refractivity contribution in [2.45, 2.75) is 19.4 Å². The molecule has 1 aliphatic heterocycles. The average Bonchev–Trinajstić information content (AvgIpc) is 2.39. The molecule has 0 bridgehead atoms. The van der Waals surface area contributed by atoms with E-state index in [9.17, 15) is 4.79 Å². The fourth-order valence-corrected chi connectivity index (χ4v) is 2.19. The molecule has 19 heavy (non-hydrogen) atoms. The van der Waals surface area contributed by atoms with Crippen LogP contribution in [0.1, 0.15) is 13.3 Å². The summed E-state index contributed by atoms with van der Waals surface area (Å²) < 4.78 is 10.9. The van der Waals surface area contributed by atoms with Crippen LogP contribution in [0.2, 0.25) is 0 Å². The van der Waals surface area contributed by atoms with Crippen LogP contribution in [-0.4, -0.2) is 43.5 Å². The van der Waals surface area contributed by atoms with Crippen LogP contribution in [0.25, 0.3) is 0 Å². The van der Waals surface area contributed by atoms with Gasteiger partial charge in [-0.3, -0.25) is 4.79 Å². The van der Waals surface area contributed by atoms with Gasteiger partial charge in [0.1, 0.15) is 5.75 Å². The molecular weight excluding hydrogens is 246 g/mol. The molecule has 0 aromatic heterocycles. The van der Waals surface area contributed by atoms with Crippen LogP contribution in [0.3, 0.4) is 0 Å². The topological polar surface area (TPSA) is 59.0 Å². The van der Waals surface area contributed by atoms with Gasteiger partial charge in [0.25, 0.3) is 0 Å². The van der Waals surface area contributed by atoms with E-state index in [1.807, 2.05) is 31.2 Å². The Bertz CT molecular complexity index is 418. The predicted molar refractivity (Wildman–Crippen MR) is 71.8 cm³/mol. The molecule has 1 aliphatic rings. The maximum Gasteiger partial charge on any atom is 0.306 e. The molecule has 0 amide bonds. The van der Waals surface area contributed by atoms with Crippen molar-refractivity contribution in [1.29, 1.82) is 0 Å². The maximum absolute atomic E-state index is 10.7. The van der Waals surface area contributed by atoms with E-state index in [1.54, 1.807) is 0 Å². The highest BCUT2D eigenvalue weighted by molar-refractivity contribution is 5.67. The third-order valence-electron chi connectivity index (χ3n) is 3.05. The summed E-state index contributed by atoms with van der Waals surface area (Å²) >= 11 is 0. The quantitative estimate of drug-likeness (QED) is 0.879. The third kappa shape index (κ3) is 3.86. The van der Waals surface area contributed by atoms with Crippen molar-refractivity contribution in [2.75, 3.05) is 31.2 Å². The summed E-state index contributed by atoms with van der Waals surface area (Å²) in [6, 6.07) is 7.85. The van der Waals surface area contributed by atoms with E-state index in [1.165, 1.54) is 0 Å². The minimum Gasteiger partial charge on any atom is -0.494 e. The lowest BCUT2D eigenvalue weighted by atomic mass is 10.2. The van der Waals surface area contributed by atoms with Crippen molar-refractivity contribution in [3.05, 3.63) is 24.3 Å². The van der Waals surface area contributed by atoms with Crippen molar-refractivity contribution < 1.29 is 19.4 Å². The average molecular weight is 265 g/mol. The molecule has 1 aromatic carbocycles. The number of anilines is 1. The van der Waals surface area contributed by atoms with Crippen molar-refractivity contribution >= 4 is 11.7 Å². The van der Waals surface area contributed by atoms with Crippen LogP contribution in [-0.2, 0) is 9.53 Å². The Hall–Kier alpha value is -1.75. The van der Waals surface area contributed by atoms with Gasteiger partial charge in [0.15, 0.2) is 0 Å². The molecule has 0 radical (unpaired) electrons. The molecule has 2 rings (SSSR count). The molecule has 1 heterocycles. The number of aliphatic carboxylic acids is 1. The minimum atomic E-state index is -0.821. The molecule has 1 N–H and O–H groups in total. The Morgan fingerprint density at radius 3 is 2.84 bits per heavy atom. The number of nitrogens with zero attached hydrogens (tertiary/aromatic N) is 1. The number of benzene rings is 1. The largest absolute Gasteiger partial charge is 0.494 e. The van der Waals surface area contributed by atoms with Gasteiger partial charge in [-0.25, -0.2) is 0 Å². The molecule has 1 atom stereocenters. The van der Waals surface area contributed by atoms with Gasteiger partial charge in [-0.2, -0.15) is 0 Å². The van der Waals surface area contributed by atoms with Gasteiger partial charge >= 0.3 is 5.97 Å². The Morgan fingerprint density at radius 2 is 2.21 bits per heavy atom. The van der Waals surface area contributed by atoms with Crippen LogP contribution in [0.5, 0.6) is 5.75 Å². The molecule has 5 nitrogen and oxygen atoms in total. The SMILES string of the molecule is CCOc1ccc(N2CCOC(CC(=O)O)C2)cc1. The molecule has 1 saturated heterocycles. The normalized spacial score (nSPS) is 19.2. The number of hydrogen-bond acceptors (Lipinski definition) is 4. The van der Waals surface area contributed by atoms with E-state index in [2.05, 4.69) is 4.90 Å². The summed E-state index contributed by atoms with van der Waals surface area (Å²) in [5.74, 6) is 0.0279. The molecule has 0 spiro atoms. The Morgan fingerprint density at radius 1 is 1.47 bits per heavy atom. The highest BCUT2D eigenvalue weighted by Crippen LogP contribution is 2.22. The predicted octanol–water partition coefficient (Wildman–Crippen LogP) is 1.77. The summed E-state index contributed by atoms with van der Waals surface area (Å²) in [7, 11) is 0. The summed E-state index contributed by atoms with van der Waals surface area (Å²) in [5, 5.41) is 8.80. The molecule has 1 unspecified atom stereocenters. The zero-order valence-electron chi connectivity index (χ0n) is 11.0. The highest BCUT2D eigenvalue weighted by Gasteiger charge is 2.22. The first-order valence-electron chi connectivity index (χ1n) is 6.50. The molecule has 104 valence electrons. The molecule has 1 aromatic rings. The van der Waals surface area contributed by atoms with Crippen molar-refractivity contribution in [1.82, 2.24) is 0 Å². The molecule has 0 aliphatic carbocycles. The Kier molecular flexibility index (Phi) is 4.63. The Balaban J connectivity index is 1.98. The van der Waals surface area contributed by atoms with E-state index < -0.39 is 5.97 Å². The number of hydrogen-bond donors (Lipinski definition) is 1. The van der Waals surface area contributed by atoms with Crippen LogP contribution >= 0.6 is 0 Å². The summed E-state index contributed by atoms with van der Waals surface area (Å²) in [5.41, 5.74) is 1.07. The lowest BCUT2D eigenvalue weighted by Crippen LogP contribution is -2.43. The number of carboxylic acids is 1. The summed E-state index contributed by atoms with van der Waals surface area (Å²) in [6.07, 6.45) is -0.189. The molecular formula is C14H19NO4. The third-order valence-corrected chi connectivity index (χ3v) is 3.05. The van der Waals surface area contributed by atoms with E-state index in [4.69, 9.17) is 14.6 Å². The molecule has 1 fully saturated rings. The van der Waals surface area contributed by atoms with Gasteiger partial charge in [-0.15, -0.1) is 0 Å². The Labute approximate surface area is 112 Å². The molecule has 5 heteroatoms. The van der Waals surface area contributed by atoms with Gasteiger partial charge in [0, 0.05) is 18.8 Å². The standard InChI is InChI=1S/C14H19NO4/c1-2-18-12-5-3-11(4-6-12)15-7-8-19-13(10-15)9-14(16)17/h3-6,13H,2,7-10H2,1H3,(H,16,17). The lowest BCUT2D eigenvalue weighted by molar-refractivity contribution is -0.140. The first-order valence-corrected chi connectivity index (χ1v) is 6.50. The zero-order chi connectivity index (χ0) is 13.7. The second-order valence-corrected chi connectivity index (χ2v) is 4.46. The van der Waals surface area contributed by atoms with Crippen molar-refractivity contribution in [3.8, 4) is 5.75 Å².